The Bertz CT molecular complexity index is 894. The predicted molar refractivity (Wildman–Crippen MR) is 97.3 cm³/mol. The van der Waals surface area contributed by atoms with Crippen molar-refractivity contribution >= 4 is 23.4 Å². The summed E-state index contributed by atoms with van der Waals surface area (Å²) in [4.78, 5) is 21.6. The average Bonchev–Trinajstić information content (AvgIpc) is 3.16. The number of hydrogen-bond donors (Lipinski definition) is 4. The lowest BCUT2D eigenvalue weighted by atomic mass is 10.2. The minimum absolute atomic E-state index is 0.0171. The van der Waals surface area contributed by atoms with Crippen molar-refractivity contribution in [3.63, 3.8) is 0 Å². The Balaban J connectivity index is 1.91. The van der Waals surface area contributed by atoms with Crippen LogP contribution in [0.4, 0.5) is 17.5 Å². The van der Waals surface area contributed by atoms with Gasteiger partial charge < -0.3 is 22.1 Å². The topological polar surface area (TPSA) is 150 Å². The van der Waals surface area contributed by atoms with Crippen LogP contribution in [-0.2, 0) is 0 Å². The Morgan fingerprint density at radius 1 is 1.31 bits per heavy atom. The highest BCUT2D eigenvalue weighted by molar-refractivity contribution is 5.98. The monoisotopic (exact) mass is 353 g/mol. The molecule has 6 N–H and O–H groups in total. The Hall–Kier alpha value is -3.53. The highest BCUT2D eigenvalue weighted by atomic mass is 16.1. The third kappa shape index (κ3) is 3.92. The zero-order valence-corrected chi connectivity index (χ0v) is 14.1. The number of aromatic nitrogens is 5. The van der Waals surface area contributed by atoms with Gasteiger partial charge in [0, 0.05) is 24.5 Å². The standard InChI is InChI=1S/C16H19N9O/c1-10(8-17)22-16-19-9-13(14(18)26)15(24-16)23-11-3-2-4-12(7-11)25-20-5-6-21-25/h2-7,9-10H,8,17H2,1H3,(H2,18,26)(H2,19,22,23,24). The first kappa shape index (κ1) is 17.3. The van der Waals surface area contributed by atoms with Crippen molar-refractivity contribution in [3.8, 4) is 5.69 Å². The van der Waals surface area contributed by atoms with E-state index in [2.05, 4.69) is 30.8 Å². The molecule has 1 aromatic carbocycles. The van der Waals surface area contributed by atoms with Gasteiger partial charge >= 0.3 is 0 Å². The van der Waals surface area contributed by atoms with Gasteiger partial charge in [-0.25, -0.2) is 4.98 Å². The number of carbonyl (C=O) groups is 1. The molecule has 0 spiro atoms. The Kier molecular flexibility index (Phi) is 5.04. The molecule has 0 radical (unpaired) electrons. The number of nitrogens with zero attached hydrogens (tertiary/aromatic N) is 5. The quantitative estimate of drug-likeness (QED) is 0.484. The van der Waals surface area contributed by atoms with E-state index >= 15 is 0 Å². The van der Waals surface area contributed by atoms with Crippen LogP contribution in [0.1, 0.15) is 17.3 Å². The SMILES string of the molecule is CC(CN)Nc1ncc(C(N)=O)c(Nc2cccc(-n3nccn3)c2)n1. The summed E-state index contributed by atoms with van der Waals surface area (Å²) in [5.41, 5.74) is 12.7. The molecule has 0 saturated heterocycles. The van der Waals surface area contributed by atoms with E-state index in [9.17, 15) is 4.79 Å². The van der Waals surface area contributed by atoms with Gasteiger partial charge in [0.05, 0.1) is 18.1 Å². The molecule has 0 bridgehead atoms. The number of rotatable bonds is 7. The largest absolute Gasteiger partial charge is 0.365 e. The van der Waals surface area contributed by atoms with Crippen LogP contribution in [0.2, 0.25) is 0 Å². The lowest BCUT2D eigenvalue weighted by molar-refractivity contribution is 0.100. The molecular weight excluding hydrogens is 334 g/mol. The van der Waals surface area contributed by atoms with Crippen LogP contribution in [0.25, 0.3) is 5.69 Å². The first-order chi connectivity index (χ1) is 12.6. The zero-order chi connectivity index (χ0) is 18.5. The molecule has 26 heavy (non-hydrogen) atoms. The average molecular weight is 353 g/mol. The third-order valence-corrected chi connectivity index (χ3v) is 3.54. The van der Waals surface area contributed by atoms with Crippen LogP contribution in [0.15, 0.2) is 42.9 Å². The molecule has 3 rings (SSSR count). The van der Waals surface area contributed by atoms with E-state index in [-0.39, 0.29) is 11.6 Å². The molecule has 1 unspecified atom stereocenters. The van der Waals surface area contributed by atoms with E-state index < -0.39 is 5.91 Å². The highest BCUT2D eigenvalue weighted by Gasteiger charge is 2.14. The number of amides is 1. The molecular formula is C16H19N9O. The first-order valence-corrected chi connectivity index (χ1v) is 7.94. The van der Waals surface area contributed by atoms with Crippen LogP contribution < -0.4 is 22.1 Å². The summed E-state index contributed by atoms with van der Waals surface area (Å²) in [5.74, 6) is 0.0148. The summed E-state index contributed by atoms with van der Waals surface area (Å²) < 4.78 is 0. The third-order valence-electron chi connectivity index (χ3n) is 3.54. The van der Waals surface area contributed by atoms with Gasteiger partial charge in [0.15, 0.2) is 0 Å². The number of carbonyl (C=O) groups excluding carboxylic acids is 1. The molecule has 0 aliphatic rings. The maximum atomic E-state index is 11.7. The molecule has 2 aromatic heterocycles. The first-order valence-electron chi connectivity index (χ1n) is 7.94. The molecule has 10 nitrogen and oxygen atoms in total. The minimum atomic E-state index is -0.629. The van der Waals surface area contributed by atoms with Crippen LogP contribution in [-0.4, -0.2) is 43.5 Å². The molecule has 0 aliphatic carbocycles. The van der Waals surface area contributed by atoms with Gasteiger partial charge in [0.2, 0.25) is 5.95 Å². The van der Waals surface area contributed by atoms with E-state index in [0.717, 1.165) is 5.69 Å². The highest BCUT2D eigenvalue weighted by Crippen LogP contribution is 2.21. The van der Waals surface area contributed by atoms with Gasteiger partial charge in [-0.3, -0.25) is 4.79 Å². The van der Waals surface area contributed by atoms with Gasteiger partial charge in [-0.05, 0) is 25.1 Å². The second kappa shape index (κ2) is 7.57. The molecule has 0 aliphatic heterocycles. The van der Waals surface area contributed by atoms with Crippen LogP contribution in [0.5, 0.6) is 0 Å². The van der Waals surface area contributed by atoms with Crippen molar-refractivity contribution in [1.82, 2.24) is 25.0 Å². The summed E-state index contributed by atoms with van der Waals surface area (Å²) >= 11 is 0. The molecule has 2 heterocycles. The molecule has 0 saturated carbocycles. The summed E-state index contributed by atoms with van der Waals surface area (Å²) in [5, 5.41) is 14.3. The van der Waals surface area contributed by atoms with Crippen molar-refractivity contribution in [2.45, 2.75) is 13.0 Å². The van der Waals surface area contributed by atoms with Crippen molar-refractivity contribution < 1.29 is 4.79 Å². The van der Waals surface area contributed by atoms with E-state index in [0.29, 0.717) is 24.0 Å². The Morgan fingerprint density at radius 2 is 2.08 bits per heavy atom. The van der Waals surface area contributed by atoms with Crippen molar-refractivity contribution in [2.24, 2.45) is 11.5 Å². The number of nitrogens with one attached hydrogen (secondary N) is 2. The number of primary amides is 1. The molecule has 0 fully saturated rings. The fourth-order valence-corrected chi connectivity index (χ4v) is 2.20. The molecule has 134 valence electrons. The van der Waals surface area contributed by atoms with Gasteiger partial charge in [0.25, 0.3) is 5.91 Å². The molecule has 10 heteroatoms. The number of benzene rings is 1. The van der Waals surface area contributed by atoms with E-state index in [4.69, 9.17) is 11.5 Å². The van der Waals surface area contributed by atoms with Gasteiger partial charge in [-0.2, -0.15) is 20.0 Å². The number of hydrogen-bond acceptors (Lipinski definition) is 8. The number of anilines is 3. The van der Waals surface area contributed by atoms with E-state index in [1.165, 1.54) is 11.0 Å². The summed E-state index contributed by atoms with van der Waals surface area (Å²) in [6.45, 7) is 2.32. The van der Waals surface area contributed by atoms with Gasteiger partial charge in [-0.15, -0.1) is 0 Å². The zero-order valence-electron chi connectivity index (χ0n) is 14.1. The maximum Gasteiger partial charge on any atom is 0.254 e. The fourth-order valence-electron chi connectivity index (χ4n) is 2.20. The molecule has 1 atom stereocenters. The second-order valence-electron chi connectivity index (χ2n) is 5.60. The molecule has 3 aromatic rings. The summed E-state index contributed by atoms with van der Waals surface area (Å²) in [7, 11) is 0. The fraction of sp³-hybridized carbons (Fsp3) is 0.188. The summed E-state index contributed by atoms with van der Waals surface area (Å²) in [6, 6.07) is 7.33. The van der Waals surface area contributed by atoms with Crippen LogP contribution >= 0.6 is 0 Å². The normalized spacial score (nSPS) is 11.8. The Morgan fingerprint density at radius 3 is 2.77 bits per heavy atom. The van der Waals surface area contributed by atoms with Gasteiger partial charge in [-0.1, -0.05) is 6.07 Å². The summed E-state index contributed by atoms with van der Waals surface area (Å²) in [6.07, 6.45) is 4.56. The Labute approximate surface area is 149 Å². The van der Waals surface area contributed by atoms with E-state index in [1.54, 1.807) is 12.4 Å². The van der Waals surface area contributed by atoms with Crippen LogP contribution in [0, 0.1) is 0 Å². The minimum Gasteiger partial charge on any atom is -0.365 e. The van der Waals surface area contributed by atoms with Gasteiger partial charge in [0.1, 0.15) is 11.4 Å². The number of nitrogens with two attached hydrogens (primary N) is 2. The second-order valence-corrected chi connectivity index (χ2v) is 5.60. The molecule has 1 amide bonds. The maximum absolute atomic E-state index is 11.7. The van der Waals surface area contributed by atoms with Crippen molar-refractivity contribution in [1.29, 1.82) is 0 Å². The van der Waals surface area contributed by atoms with Crippen LogP contribution in [0.3, 0.4) is 0 Å². The van der Waals surface area contributed by atoms with E-state index in [1.807, 2.05) is 31.2 Å². The lowest BCUT2D eigenvalue weighted by Gasteiger charge is -2.14. The van der Waals surface area contributed by atoms with Crippen molar-refractivity contribution in [3.05, 3.63) is 48.4 Å². The smallest absolute Gasteiger partial charge is 0.254 e. The predicted octanol–water partition coefficient (Wildman–Crippen LogP) is 0.659. The lowest BCUT2D eigenvalue weighted by Crippen LogP contribution is -2.26. The van der Waals surface area contributed by atoms with Crippen molar-refractivity contribution in [2.75, 3.05) is 17.2 Å².